The van der Waals surface area contributed by atoms with Gasteiger partial charge in [0.05, 0.1) is 12.5 Å². The maximum absolute atomic E-state index is 12.1. The molecule has 7 heteroatoms. The number of carbonyl (C=O) groups excluding carboxylic acids is 2. The average molecular weight is 331 g/mol. The molecule has 5 nitrogen and oxygen atoms in total. The molecule has 1 aromatic carbocycles. The Morgan fingerprint density at radius 2 is 2.05 bits per heavy atom. The third-order valence-corrected chi connectivity index (χ3v) is 4.14. The normalized spacial score (nSPS) is 19.2. The van der Waals surface area contributed by atoms with Crippen molar-refractivity contribution in [3.05, 3.63) is 33.8 Å². The van der Waals surface area contributed by atoms with Crippen LogP contribution in [-0.4, -0.2) is 31.1 Å². The Bertz CT molecular complexity index is 525. The van der Waals surface area contributed by atoms with Crippen LogP contribution in [0.15, 0.2) is 18.2 Å². The van der Waals surface area contributed by atoms with E-state index in [0.717, 1.165) is 0 Å². The van der Waals surface area contributed by atoms with Crippen LogP contribution in [-0.2, 0) is 20.7 Å². The SMILES string of the molecule is NC(=O)[C@@H](Cc1c(Cl)cccc1Cl)NC(=O)[C@H]1CCOC1. The molecule has 1 aliphatic heterocycles. The molecule has 1 fully saturated rings. The number of nitrogens with two attached hydrogens (primary N) is 1. The standard InChI is InChI=1S/C14H16Cl2N2O3/c15-10-2-1-3-11(16)9(10)6-12(13(17)19)18-14(20)8-4-5-21-7-8/h1-3,8,12H,4-7H2,(H2,17,19)(H,18,20)/t8-,12+/m0/s1. The Hall–Kier alpha value is -1.30. The summed E-state index contributed by atoms with van der Waals surface area (Å²) in [5.74, 6) is -1.11. The first-order valence-electron chi connectivity index (χ1n) is 6.59. The van der Waals surface area contributed by atoms with Gasteiger partial charge in [-0.05, 0) is 24.1 Å². The van der Waals surface area contributed by atoms with E-state index < -0.39 is 11.9 Å². The average Bonchev–Trinajstić information content (AvgIpc) is 2.95. The Morgan fingerprint density at radius 3 is 2.57 bits per heavy atom. The zero-order chi connectivity index (χ0) is 15.4. The van der Waals surface area contributed by atoms with Crippen LogP contribution in [0.25, 0.3) is 0 Å². The number of carbonyl (C=O) groups is 2. The first-order valence-corrected chi connectivity index (χ1v) is 7.35. The van der Waals surface area contributed by atoms with Gasteiger partial charge in [0, 0.05) is 23.1 Å². The van der Waals surface area contributed by atoms with Gasteiger partial charge in [0.2, 0.25) is 11.8 Å². The zero-order valence-corrected chi connectivity index (χ0v) is 12.8. The minimum Gasteiger partial charge on any atom is -0.381 e. The molecule has 114 valence electrons. The lowest BCUT2D eigenvalue weighted by atomic mass is 10.0. The minimum absolute atomic E-state index is 0.160. The Balaban J connectivity index is 2.09. The van der Waals surface area contributed by atoms with Crippen molar-refractivity contribution in [1.82, 2.24) is 5.32 Å². The van der Waals surface area contributed by atoms with E-state index in [-0.39, 0.29) is 18.2 Å². The van der Waals surface area contributed by atoms with Crippen molar-refractivity contribution in [2.45, 2.75) is 18.9 Å². The van der Waals surface area contributed by atoms with Crippen LogP contribution in [0.1, 0.15) is 12.0 Å². The number of rotatable bonds is 5. The molecule has 0 saturated carbocycles. The molecule has 3 N–H and O–H groups in total. The van der Waals surface area contributed by atoms with Crippen LogP contribution in [0.2, 0.25) is 10.0 Å². The molecular weight excluding hydrogens is 315 g/mol. The van der Waals surface area contributed by atoms with Crippen molar-refractivity contribution in [3.63, 3.8) is 0 Å². The highest BCUT2D eigenvalue weighted by Crippen LogP contribution is 2.25. The van der Waals surface area contributed by atoms with Crippen LogP contribution in [0.5, 0.6) is 0 Å². The molecule has 0 unspecified atom stereocenters. The maximum atomic E-state index is 12.1. The number of benzene rings is 1. The van der Waals surface area contributed by atoms with Crippen molar-refractivity contribution in [3.8, 4) is 0 Å². The van der Waals surface area contributed by atoms with Gasteiger partial charge in [-0.25, -0.2) is 0 Å². The van der Waals surface area contributed by atoms with Crippen LogP contribution >= 0.6 is 23.2 Å². The molecule has 21 heavy (non-hydrogen) atoms. The summed E-state index contributed by atoms with van der Waals surface area (Å²) in [4.78, 5) is 23.6. The fraction of sp³-hybridized carbons (Fsp3) is 0.429. The molecule has 0 radical (unpaired) electrons. The topological polar surface area (TPSA) is 81.4 Å². The molecule has 0 aliphatic carbocycles. The second-order valence-electron chi connectivity index (χ2n) is 4.93. The number of primary amides is 1. The monoisotopic (exact) mass is 330 g/mol. The summed E-state index contributed by atoms with van der Waals surface area (Å²) >= 11 is 12.1. The van der Waals surface area contributed by atoms with E-state index in [0.29, 0.717) is 35.2 Å². The highest BCUT2D eigenvalue weighted by Gasteiger charge is 2.28. The molecule has 0 bridgehead atoms. The van der Waals surface area contributed by atoms with Crippen LogP contribution < -0.4 is 11.1 Å². The van der Waals surface area contributed by atoms with E-state index >= 15 is 0 Å². The number of hydrogen-bond donors (Lipinski definition) is 2. The van der Waals surface area contributed by atoms with Gasteiger partial charge in [-0.2, -0.15) is 0 Å². The number of nitrogens with one attached hydrogen (secondary N) is 1. The second kappa shape index (κ2) is 7.11. The van der Waals surface area contributed by atoms with Crippen molar-refractivity contribution in [2.24, 2.45) is 11.7 Å². The van der Waals surface area contributed by atoms with Gasteiger partial charge in [-0.1, -0.05) is 29.3 Å². The van der Waals surface area contributed by atoms with Crippen LogP contribution in [0, 0.1) is 5.92 Å². The zero-order valence-electron chi connectivity index (χ0n) is 11.3. The van der Waals surface area contributed by atoms with E-state index in [1.807, 2.05) is 0 Å². The predicted octanol–water partition coefficient (Wildman–Crippen LogP) is 1.54. The molecule has 2 rings (SSSR count). The summed E-state index contributed by atoms with van der Waals surface area (Å²) in [5, 5.41) is 3.53. The second-order valence-corrected chi connectivity index (χ2v) is 5.74. The van der Waals surface area contributed by atoms with E-state index in [2.05, 4.69) is 5.32 Å². The summed E-state index contributed by atoms with van der Waals surface area (Å²) in [5.41, 5.74) is 5.95. The summed E-state index contributed by atoms with van der Waals surface area (Å²) in [6, 6.07) is 4.21. The lowest BCUT2D eigenvalue weighted by Crippen LogP contribution is -2.48. The van der Waals surface area contributed by atoms with E-state index in [4.69, 9.17) is 33.7 Å². The maximum Gasteiger partial charge on any atom is 0.240 e. The van der Waals surface area contributed by atoms with E-state index in [1.165, 1.54) is 0 Å². The van der Waals surface area contributed by atoms with Gasteiger partial charge in [-0.15, -0.1) is 0 Å². The molecule has 1 aromatic rings. The van der Waals surface area contributed by atoms with Gasteiger partial charge >= 0.3 is 0 Å². The first kappa shape index (κ1) is 16.1. The van der Waals surface area contributed by atoms with Crippen LogP contribution in [0.3, 0.4) is 0 Å². The molecule has 0 aromatic heterocycles. The number of hydrogen-bond acceptors (Lipinski definition) is 3. The molecule has 0 spiro atoms. The third kappa shape index (κ3) is 4.09. The smallest absolute Gasteiger partial charge is 0.240 e. The van der Waals surface area contributed by atoms with Crippen LogP contribution in [0.4, 0.5) is 0 Å². The molecule has 1 saturated heterocycles. The lowest BCUT2D eigenvalue weighted by Gasteiger charge is -2.19. The van der Waals surface area contributed by atoms with E-state index in [9.17, 15) is 9.59 Å². The largest absolute Gasteiger partial charge is 0.381 e. The van der Waals surface area contributed by atoms with Gasteiger partial charge in [0.15, 0.2) is 0 Å². The fourth-order valence-electron chi connectivity index (χ4n) is 2.19. The summed E-state index contributed by atoms with van der Waals surface area (Å²) in [7, 11) is 0. The van der Waals surface area contributed by atoms with Gasteiger partial charge in [0.25, 0.3) is 0 Å². The lowest BCUT2D eigenvalue weighted by molar-refractivity contribution is -0.129. The Morgan fingerprint density at radius 1 is 1.38 bits per heavy atom. The Labute approximate surface area is 132 Å². The number of amides is 2. The molecule has 1 heterocycles. The van der Waals surface area contributed by atoms with Crippen molar-refractivity contribution < 1.29 is 14.3 Å². The third-order valence-electron chi connectivity index (χ3n) is 3.43. The summed E-state index contributed by atoms with van der Waals surface area (Å²) in [6.07, 6.45) is 0.803. The molecule has 2 atom stereocenters. The van der Waals surface area contributed by atoms with E-state index in [1.54, 1.807) is 18.2 Å². The molecular formula is C14H16Cl2N2O3. The highest BCUT2D eigenvalue weighted by atomic mass is 35.5. The fourth-order valence-corrected chi connectivity index (χ4v) is 2.74. The highest BCUT2D eigenvalue weighted by molar-refractivity contribution is 6.36. The van der Waals surface area contributed by atoms with Gasteiger partial charge in [-0.3, -0.25) is 9.59 Å². The van der Waals surface area contributed by atoms with Gasteiger partial charge in [0.1, 0.15) is 6.04 Å². The number of halogens is 2. The first-order chi connectivity index (χ1) is 9.99. The van der Waals surface area contributed by atoms with Crippen molar-refractivity contribution in [1.29, 1.82) is 0 Å². The Kier molecular flexibility index (Phi) is 5.45. The minimum atomic E-state index is -0.851. The predicted molar refractivity (Wildman–Crippen MR) is 80.2 cm³/mol. The van der Waals surface area contributed by atoms with Crippen molar-refractivity contribution >= 4 is 35.0 Å². The summed E-state index contributed by atoms with van der Waals surface area (Å²) < 4.78 is 5.16. The van der Waals surface area contributed by atoms with Crippen molar-refractivity contribution in [2.75, 3.05) is 13.2 Å². The molecule has 2 amide bonds. The molecule has 1 aliphatic rings. The number of ether oxygens (including phenoxy) is 1. The summed E-state index contributed by atoms with van der Waals surface area (Å²) in [6.45, 7) is 0.916. The quantitative estimate of drug-likeness (QED) is 0.859. The van der Waals surface area contributed by atoms with Gasteiger partial charge < -0.3 is 15.8 Å².